The monoisotopic (exact) mass is 272 g/mol. The van der Waals surface area contributed by atoms with E-state index in [-0.39, 0.29) is 5.91 Å². The summed E-state index contributed by atoms with van der Waals surface area (Å²) in [6.45, 7) is 4.86. The van der Waals surface area contributed by atoms with Gasteiger partial charge in [0, 0.05) is 25.0 Å². The third-order valence-corrected chi connectivity index (χ3v) is 2.89. The van der Waals surface area contributed by atoms with E-state index >= 15 is 0 Å². The molecule has 0 saturated heterocycles. The Morgan fingerprint density at radius 3 is 2.80 bits per heavy atom. The normalized spacial score (nSPS) is 10.8. The average Bonchev–Trinajstić information content (AvgIpc) is 2.97. The SMILES string of the molecule is CC(C)NCC(=O)NCc1ccccc1-n1cccn1. The molecule has 0 unspecified atom stereocenters. The molecule has 0 fully saturated rings. The number of nitrogens with one attached hydrogen (secondary N) is 2. The third kappa shape index (κ3) is 3.93. The van der Waals surface area contributed by atoms with Gasteiger partial charge in [0.25, 0.3) is 0 Å². The molecule has 0 atom stereocenters. The highest BCUT2D eigenvalue weighted by Crippen LogP contribution is 2.12. The van der Waals surface area contributed by atoms with Gasteiger partial charge in [0.05, 0.1) is 12.2 Å². The second-order valence-corrected chi connectivity index (χ2v) is 4.89. The molecule has 1 heterocycles. The molecule has 1 aromatic carbocycles. The first-order valence-electron chi connectivity index (χ1n) is 6.75. The molecule has 2 N–H and O–H groups in total. The first-order valence-corrected chi connectivity index (χ1v) is 6.75. The van der Waals surface area contributed by atoms with Crippen molar-refractivity contribution >= 4 is 5.91 Å². The molecule has 0 radical (unpaired) electrons. The zero-order chi connectivity index (χ0) is 14.4. The molecule has 0 aliphatic heterocycles. The van der Waals surface area contributed by atoms with Crippen molar-refractivity contribution in [3.8, 4) is 5.69 Å². The largest absolute Gasteiger partial charge is 0.351 e. The molecule has 1 aromatic heterocycles. The lowest BCUT2D eigenvalue weighted by molar-refractivity contribution is -0.120. The lowest BCUT2D eigenvalue weighted by atomic mass is 10.2. The van der Waals surface area contributed by atoms with E-state index in [2.05, 4.69) is 15.7 Å². The number of nitrogens with zero attached hydrogens (tertiary/aromatic N) is 2. The van der Waals surface area contributed by atoms with E-state index in [1.165, 1.54) is 0 Å². The average molecular weight is 272 g/mol. The van der Waals surface area contributed by atoms with Crippen LogP contribution >= 0.6 is 0 Å². The van der Waals surface area contributed by atoms with Crippen molar-refractivity contribution in [2.75, 3.05) is 6.54 Å². The number of rotatable bonds is 6. The molecule has 0 bridgehead atoms. The summed E-state index contributed by atoms with van der Waals surface area (Å²) in [5.41, 5.74) is 2.02. The van der Waals surface area contributed by atoms with E-state index in [4.69, 9.17) is 0 Å². The molecule has 5 heteroatoms. The van der Waals surface area contributed by atoms with Crippen molar-refractivity contribution in [1.82, 2.24) is 20.4 Å². The van der Waals surface area contributed by atoms with Gasteiger partial charge in [0.2, 0.25) is 5.91 Å². The van der Waals surface area contributed by atoms with Crippen LogP contribution in [0.4, 0.5) is 0 Å². The summed E-state index contributed by atoms with van der Waals surface area (Å²) in [5.74, 6) is -0.00558. The fraction of sp³-hybridized carbons (Fsp3) is 0.333. The highest BCUT2D eigenvalue weighted by molar-refractivity contribution is 5.78. The molecule has 0 aliphatic rings. The Labute approximate surface area is 119 Å². The number of hydrogen-bond acceptors (Lipinski definition) is 3. The Morgan fingerprint density at radius 1 is 1.30 bits per heavy atom. The van der Waals surface area contributed by atoms with Crippen molar-refractivity contribution in [2.45, 2.75) is 26.4 Å². The highest BCUT2D eigenvalue weighted by atomic mass is 16.1. The quantitative estimate of drug-likeness (QED) is 0.837. The Bertz CT molecular complexity index is 549. The summed E-state index contributed by atoms with van der Waals surface area (Å²) >= 11 is 0. The minimum absolute atomic E-state index is 0.00558. The maximum Gasteiger partial charge on any atom is 0.234 e. The Morgan fingerprint density at radius 2 is 2.10 bits per heavy atom. The zero-order valence-corrected chi connectivity index (χ0v) is 11.8. The summed E-state index contributed by atoms with van der Waals surface area (Å²) in [6, 6.07) is 10.1. The Kier molecular flexibility index (Phi) is 4.90. The first kappa shape index (κ1) is 14.3. The predicted octanol–water partition coefficient (Wildman–Crippen LogP) is 1.49. The number of aromatic nitrogens is 2. The van der Waals surface area contributed by atoms with Crippen molar-refractivity contribution in [2.24, 2.45) is 0 Å². The van der Waals surface area contributed by atoms with Gasteiger partial charge >= 0.3 is 0 Å². The van der Waals surface area contributed by atoms with Crippen LogP contribution < -0.4 is 10.6 Å². The van der Waals surface area contributed by atoms with Crippen LogP contribution in [0, 0.1) is 0 Å². The number of hydrogen-bond donors (Lipinski definition) is 2. The third-order valence-electron chi connectivity index (χ3n) is 2.89. The summed E-state index contributed by atoms with van der Waals surface area (Å²) in [4.78, 5) is 11.7. The van der Waals surface area contributed by atoms with Gasteiger partial charge in [-0.25, -0.2) is 4.68 Å². The molecule has 5 nitrogen and oxygen atoms in total. The van der Waals surface area contributed by atoms with Crippen molar-refractivity contribution < 1.29 is 4.79 Å². The first-order chi connectivity index (χ1) is 9.66. The number of carbonyl (C=O) groups is 1. The van der Waals surface area contributed by atoms with Crippen molar-refractivity contribution in [3.05, 3.63) is 48.3 Å². The minimum atomic E-state index is -0.00558. The maximum absolute atomic E-state index is 11.7. The predicted molar refractivity (Wildman–Crippen MR) is 78.5 cm³/mol. The molecule has 0 saturated carbocycles. The molecule has 2 aromatic rings. The van der Waals surface area contributed by atoms with Crippen LogP contribution in [-0.4, -0.2) is 28.3 Å². The Hall–Kier alpha value is -2.14. The molecule has 20 heavy (non-hydrogen) atoms. The molecular formula is C15H20N4O. The van der Waals surface area contributed by atoms with Gasteiger partial charge in [-0.15, -0.1) is 0 Å². The number of carbonyl (C=O) groups excluding carboxylic acids is 1. The Balaban J connectivity index is 1.98. The lowest BCUT2D eigenvalue weighted by Crippen LogP contribution is -2.36. The van der Waals surface area contributed by atoms with Gasteiger partial charge in [-0.2, -0.15) is 5.10 Å². The minimum Gasteiger partial charge on any atom is -0.351 e. The van der Waals surface area contributed by atoms with Gasteiger partial charge in [0.15, 0.2) is 0 Å². The number of para-hydroxylation sites is 1. The maximum atomic E-state index is 11.7. The van der Waals surface area contributed by atoms with Crippen LogP contribution in [0.1, 0.15) is 19.4 Å². The second-order valence-electron chi connectivity index (χ2n) is 4.89. The van der Waals surface area contributed by atoms with Crippen molar-refractivity contribution in [1.29, 1.82) is 0 Å². The van der Waals surface area contributed by atoms with E-state index in [0.29, 0.717) is 19.1 Å². The molecule has 0 spiro atoms. The van der Waals surface area contributed by atoms with Gasteiger partial charge in [0.1, 0.15) is 0 Å². The molecule has 106 valence electrons. The van der Waals surface area contributed by atoms with Crippen LogP contribution in [-0.2, 0) is 11.3 Å². The fourth-order valence-electron chi connectivity index (χ4n) is 1.85. The standard InChI is InChI=1S/C15H20N4O/c1-12(2)16-11-15(20)17-10-13-6-3-4-7-14(13)19-9-5-8-18-19/h3-9,12,16H,10-11H2,1-2H3,(H,17,20). The number of benzene rings is 1. The molecule has 1 amide bonds. The van der Waals surface area contributed by atoms with Crippen LogP contribution in [0.15, 0.2) is 42.7 Å². The van der Waals surface area contributed by atoms with Gasteiger partial charge < -0.3 is 10.6 Å². The zero-order valence-electron chi connectivity index (χ0n) is 11.8. The smallest absolute Gasteiger partial charge is 0.234 e. The highest BCUT2D eigenvalue weighted by Gasteiger charge is 2.06. The summed E-state index contributed by atoms with van der Waals surface area (Å²) in [6.07, 6.45) is 3.63. The van der Waals surface area contributed by atoms with Crippen molar-refractivity contribution in [3.63, 3.8) is 0 Å². The summed E-state index contributed by atoms with van der Waals surface area (Å²) < 4.78 is 1.80. The van der Waals surface area contributed by atoms with Crippen LogP contribution in [0.25, 0.3) is 5.69 Å². The van der Waals surface area contributed by atoms with E-state index < -0.39 is 0 Å². The van der Waals surface area contributed by atoms with Crippen LogP contribution in [0.2, 0.25) is 0 Å². The van der Waals surface area contributed by atoms with E-state index in [9.17, 15) is 4.79 Å². The topological polar surface area (TPSA) is 59.0 Å². The van der Waals surface area contributed by atoms with Crippen LogP contribution in [0.5, 0.6) is 0 Å². The molecule has 2 rings (SSSR count). The number of amides is 1. The van der Waals surface area contributed by atoms with Gasteiger partial charge in [-0.05, 0) is 17.7 Å². The second kappa shape index (κ2) is 6.86. The summed E-state index contributed by atoms with van der Waals surface area (Å²) in [7, 11) is 0. The van der Waals surface area contributed by atoms with Crippen LogP contribution in [0.3, 0.4) is 0 Å². The summed E-state index contributed by atoms with van der Waals surface area (Å²) in [5, 5.41) is 10.2. The van der Waals surface area contributed by atoms with Gasteiger partial charge in [-0.3, -0.25) is 4.79 Å². The molecule has 0 aliphatic carbocycles. The van der Waals surface area contributed by atoms with E-state index in [1.54, 1.807) is 10.9 Å². The van der Waals surface area contributed by atoms with E-state index in [1.807, 2.05) is 50.4 Å². The van der Waals surface area contributed by atoms with Gasteiger partial charge in [-0.1, -0.05) is 32.0 Å². The van der Waals surface area contributed by atoms with E-state index in [0.717, 1.165) is 11.3 Å². The lowest BCUT2D eigenvalue weighted by Gasteiger charge is -2.12. The fourth-order valence-corrected chi connectivity index (χ4v) is 1.85. The molecular weight excluding hydrogens is 252 g/mol.